The van der Waals surface area contributed by atoms with Crippen LogP contribution >= 0.6 is 23.2 Å². The first-order valence-electron chi connectivity index (χ1n) is 7.97. The van der Waals surface area contributed by atoms with Crippen LogP contribution in [0.2, 0.25) is 10.0 Å². The summed E-state index contributed by atoms with van der Waals surface area (Å²) in [6.45, 7) is 0.250. The second-order valence-electron chi connectivity index (χ2n) is 5.86. The maximum absolute atomic E-state index is 13.3. The molecule has 0 saturated carbocycles. The number of hydrogen-bond donors (Lipinski definition) is 0. The van der Waals surface area contributed by atoms with Gasteiger partial charge in [0.2, 0.25) is 0 Å². The Labute approximate surface area is 163 Å². The van der Waals surface area contributed by atoms with Gasteiger partial charge in [0.05, 0.1) is 21.9 Å². The monoisotopic (exact) mass is 404 g/mol. The van der Waals surface area contributed by atoms with Crippen molar-refractivity contribution in [1.29, 1.82) is 0 Å². The van der Waals surface area contributed by atoms with Gasteiger partial charge in [-0.05, 0) is 48.5 Å². The van der Waals surface area contributed by atoms with Crippen LogP contribution in [-0.2, 0) is 6.67 Å². The Balaban J connectivity index is 1.85. The Morgan fingerprint density at radius 3 is 2.00 bits per heavy atom. The highest BCUT2D eigenvalue weighted by Crippen LogP contribution is 2.36. The Kier molecular flexibility index (Phi) is 4.68. The predicted molar refractivity (Wildman–Crippen MR) is 101 cm³/mol. The minimum Gasteiger partial charge on any atom is -0.250 e. The maximum atomic E-state index is 13.3. The Bertz CT molecular complexity index is 1090. The molecule has 0 N–H and O–H groups in total. The summed E-state index contributed by atoms with van der Waals surface area (Å²) in [5.41, 5.74) is 2.46. The average molecular weight is 405 g/mol. The average Bonchev–Trinajstić information content (AvgIpc) is 3.20. The van der Waals surface area contributed by atoms with E-state index in [0.717, 1.165) is 0 Å². The molecule has 0 aliphatic carbocycles. The van der Waals surface area contributed by atoms with Gasteiger partial charge in [0.25, 0.3) is 0 Å². The molecular weight excluding hydrogens is 393 g/mol. The molecule has 0 aliphatic heterocycles. The second-order valence-corrected chi connectivity index (χ2v) is 6.68. The molecule has 0 unspecified atom stereocenters. The summed E-state index contributed by atoms with van der Waals surface area (Å²) in [5, 5.41) is 9.61. The van der Waals surface area contributed by atoms with Gasteiger partial charge in [-0.3, -0.25) is 0 Å². The van der Waals surface area contributed by atoms with E-state index < -0.39 is 0 Å². The largest absolute Gasteiger partial charge is 0.250 e. The van der Waals surface area contributed by atoms with Crippen LogP contribution in [0.3, 0.4) is 0 Å². The van der Waals surface area contributed by atoms with Crippen molar-refractivity contribution in [2.75, 3.05) is 0 Å². The fraction of sp³-hybridized carbons (Fsp3) is 0.0526. The van der Waals surface area contributed by atoms with Gasteiger partial charge in [0, 0.05) is 17.3 Å². The molecule has 4 nitrogen and oxygen atoms in total. The molecule has 0 amide bonds. The number of nitrogens with zero attached hydrogens (tertiary/aromatic N) is 4. The van der Waals surface area contributed by atoms with Crippen molar-refractivity contribution in [2.45, 2.75) is 6.67 Å². The highest BCUT2D eigenvalue weighted by atomic mass is 35.5. The van der Waals surface area contributed by atoms with Crippen molar-refractivity contribution in [1.82, 2.24) is 19.6 Å². The van der Waals surface area contributed by atoms with E-state index in [0.29, 0.717) is 32.6 Å². The lowest BCUT2D eigenvalue weighted by atomic mass is 10.1. The van der Waals surface area contributed by atoms with Crippen LogP contribution in [-0.4, -0.2) is 19.6 Å². The number of halogens is 4. The maximum Gasteiger partial charge on any atom is 0.133 e. The Morgan fingerprint density at radius 1 is 0.852 bits per heavy atom. The van der Waals surface area contributed by atoms with Crippen LogP contribution in [0.25, 0.3) is 22.5 Å². The molecule has 4 aromatic rings. The number of aromatic nitrogens is 4. The molecule has 0 aliphatic rings. The van der Waals surface area contributed by atoms with Crippen LogP contribution in [0.1, 0.15) is 0 Å². The summed E-state index contributed by atoms with van der Waals surface area (Å²) >= 11 is 12.6. The minimum atomic E-state index is -0.349. The zero-order valence-electron chi connectivity index (χ0n) is 13.8. The molecule has 0 spiro atoms. The first kappa shape index (κ1) is 17.7. The molecule has 2 aromatic heterocycles. The molecule has 2 heterocycles. The lowest BCUT2D eigenvalue weighted by Gasteiger charge is -2.08. The lowest BCUT2D eigenvalue weighted by molar-refractivity contribution is 0.508. The van der Waals surface area contributed by atoms with Crippen molar-refractivity contribution in [3.05, 3.63) is 82.6 Å². The van der Waals surface area contributed by atoms with E-state index in [1.165, 1.54) is 30.5 Å². The summed E-state index contributed by atoms with van der Waals surface area (Å²) in [5.74, 6) is -0.696. The quantitative estimate of drug-likeness (QED) is 0.449. The van der Waals surface area contributed by atoms with Crippen LogP contribution in [0.5, 0.6) is 0 Å². The third-order valence-electron chi connectivity index (χ3n) is 4.01. The summed E-state index contributed by atoms with van der Waals surface area (Å²) in [7, 11) is 0. The smallest absolute Gasteiger partial charge is 0.133 e. The molecule has 0 radical (unpaired) electrons. The van der Waals surface area contributed by atoms with E-state index in [4.69, 9.17) is 23.2 Å². The SMILES string of the molecule is Fc1ccc(-c2nn(Cn3cc(Cl)cn3)c(-c3ccc(F)cc3)c2Cl)cc1. The van der Waals surface area contributed by atoms with Gasteiger partial charge in [-0.15, -0.1) is 0 Å². The van der Waals surface area contributed by atoms with E-state index in [1.807, 2.05) is 0 Å². The molecule has 0 bridgehead atoms. The van der Waals surface area contributed by atoms with Gasteiger partial charge in [0.15, 0.2) is 0 Å². The summed E-state index contributed by atoms with van der Waals surface area (Å²) < 4.78 is 29.9. The van der Waals surface area contributed by atoms with Crippen molar-refractivity contribution in [3.63, 3.8) is 0 Å². The van der Waals surface area contributed by atoms with Gasteiger partial charge in [-0.1, -0.05) is 23.2 Å². The van der Waals surface area contributed by atoms with E-state index in [2.05, 4.69) is 10.2 Å². The van der Waals surface area contributed by atoms with E-state index in [1.54, 1.807) is 39.8 Å². The normalized spacial score (nSPS) is 11.1. The fourth-order valence-electron chi connectivity index (χ4n) is 2.77. The van der Waals surface area contributed by atoms with Gasteiger partial charge in [0.1, 0.15) is 24.0 Å². The molecule has 2 aromatic carbocycles. The van der Waals surface area contributed by atoms with Crippen LogP contribution in [0.4, 0.5) is 8.78 Å². The molecule has 0 atom stereocenters. The minimum absolute atomic E-state index is 0.250. The highest BCUT2D eigenvalue weighted by Gasteiger charge is 2.20. The van der Waals surface area contributed by atoms with Crippen LogP contribution in [0, 0.1) is 11.6 Å². The fourth-order valence-corrected chi connectivity index (χ4v) is 3.28. The zero-order valence-corrected chi connectivity index (χ0v) is 15.3. The first-order valence-corrected chi connectivity index (χ1v) is 8.73. The van der Waals surface area contributed by atoms with Crippen molar-refractivity contribution in [2.24, 2.45) is 0 Å². The second kappa shape index (κ2) is 7.13. The van der Waals surface area contributed by atoms with Crippen molar-refractivity contribution >= 4 is 23.2 Å². The molecule has 0 fully saturated rings. The Hall–Kier alpha value is -2.70. The van der Waals surface area contributed by atoms with Gasteiger partial charge >= 0.3 is 0 Å². The first-order chi connectivity index (χ1) is 13.0. The van der Waals surface area contributed by atoms with Crippen molar-refractivity contribution < 1.29 is 8.78 Å². The standard InChI is InChI=1S/C19H12Cl2F2N4/c20-14-9-24-26(10-14)11-27-19(13-3-7-16(23)8-4-13)17(21)18(25-27)12-1-5-15(22)6-2-12/h1-10H,11H2. The van der Waals surface area contributed by atoms with Gasteiger partial charge in [-0.25, -0.2) is 18.1 Å². The van der Waals surface area contributed by atoms with Gasteiger partial charge < -0.3 is 0 Å². The number of rotatable bonds is 4. The number of hydrogen-bond acceptors (Lipinski definition) is 2. The van der Waals surface area contributed by atoms with Crippen LogP contribution < -0.4 is 0 Å². The van der Waals surface area contributed by atoms with E-state index in [-0.39, 0.29) is 18.3 Å². The number of benzene rings is 2. The Morgan fingerprint density at radius 2 is 1.44 bits per heavy atom. The molecule has 27 heavy (non-hydrogen) atoms. The summed E-state index contributed by atoms with van der Waals surface area (Å²) in [4.78, 5) is 0. The third kappa shape index (κ3) is 3.59. The van der Waals surface area contributed by atoms with Crippen LogP contribution in [0.15, 0.2) is 60.9 Å². The summed E-state index contributed by atoms with van der Waals surface area (Å²) in [6, 6.07) is 11.8. The zero-order chi connectivity index (χ0) is 19.0. The van der Waals surface area contributed by atoms with E-state index >= 15 is 0 Å². The molecule has 136 valence electrons. The third-order valence-corrected chi connectivity index (χ3v) is 4.56. The lowest BCUT2D eigenvalue weighted by Crippen LogP contribution is -2.11. The molecule has 0 saturated heterocycles. The summed E-state index contributed by atoms with van der Waals surface area (Å²) in [6.07, 6.45) is 3.17. The predicted octanol–water partition coefficient (Wildman–Crippen LogP) is 5.50. The van der Waals surface area contributed by atoms with E-state index in [9.17, 15) is 8.78 Å². The molecular formula is C19H12Cl2F2N4. The molecule has 4 rings (SSSR count). The van der Waals surface area contributed by atoms with Gasteiger partial charge in [-0.2, -0.15) is 10.2 Å². The topological polar surface area (TPSA) is 35.6 Å². The molecule has 8 heteroatoms. The highest BCUT2D eigenvalue weighted by molar-refractivity contribution is 6.35. The van der Waals surface area contributed by atoms with Crippen molar-refractivity contribution in [3.8, 4) is 22.5 Å².